The van der Waals surface area contributed by atoms with Gasteiger partial charge in [0.05, 0.1) is 24.0 Å². The molecule has 3 aromatic heterocycles. The number of methoxy groups -OCH3 is 1. The summed E-state index contributed by atoms with van der Waals surface area (Å²) < 4.78 is 7.84. The number of nitrogens with one attached hydrogen (secondary N) is 1. The second-order valence-corrected chi connectivity index (χ2v) is 7.53. The normalized spacial score (nSPS) is 23.9. The Balaban J connectivity index is 1.43. The Hall–Kier alpha value is -2.25. The lowest BCUT2D eigenvalue weighted by Gasteiger charge is -2.21. The number of ether oxygens (including phenoxy) is 1. The van der Waals surface area contributed by atoms with Crippen LogP contribution in [0.5, 0.6) is 0 Å². The Labute approximate surface area is 152 Å². The summed E-state index contributed by atoms with van der Waals surface area (Å²) in [6.45, 7) is 3.80. The number of imidazole rings is 1. The molecule has 0 radical (unpaired) electrons. The zero-order valence-electron chi connectivity index (χ0n) is 15.2. The third-order valence-electron chi connectivity index (χ3n) is 5.65. The first kappa shape index (κ1) is 16.0. The monoisotopic (exact) mass is 352 g/mol. The van der Waals surface area contributed by atoms with Gasteiger partial charge in [-0.1, -0.05) is 6.07 Å². The van der Waals surface area contributed by atoms with Gasteiger partial charge in [0.15, 0.2) is 5.82 Å². The highest BCUT2D eigenvalue weighted by atomic mass is 16.5. The van der Waals surface area contributed by atoms with Crippen LogP contribution in [0.1, 0.15) is 54.1 Å². The van der Waals surface area contributed by atoms with Crippen molar-refractivity contribution < 1.29 is 4.74 Å². The number of hydrogen-bond donors (Lipinski definition) is 1. The summed E-state index contributed by atoms with van der Waals surface area (Å²) in [6.07, 6.45) is 7.65. The van der Waals surface area contributed by atoms with Gasteiger partial charge in [0.1, 0.15) is 11.5 Å². The molecular weight excluding hydrogens is 328 g/mol. The molecule has 0 bridgehead atoms. The lowest BCUT2D eigenvalue weighted by atomic mass is 10.2. The molecule has 2 fully saturated rings. The van der Waals surface area contributed by atoms with Crippen LogP contribution in [0.2, 0.25) is 0 Å². The molecule has 0 spiro atoms. The van der Waals surface area contributed by atoms with Crippen LogP contribution in [0.15, 0.2) is 24.5 Å². The van der Waals surface area contributed by atoms with E-state index in [4.69, 9.17) is 9.72 Å². The highest BCUT2D eigenvalue weighted by Gasteiger charge is 2.37. The maximum Gasteiger partial charge on any atom is 0.153 e. The van der Waals surface area contributed by atoms with Gasteiger partial charge >= 0.3 is 0 Å². The third kappa shape index (κ3) is 2.71. The van der Waals surface area contributed by atoms with E-state index in [1.807, 2.05) is 6.20 Å². The van der Waals surface area contributed by atoms with Gasteiger partial charge in [0.25, 0.3) is 0 Å². The molecule has 2 atom stereocenters. The first-order valence-electron chi connectivity index (χ1n) is 9.33. The van der Waals surface area contributed by atoms with Crippen molar-refractivity contribution in [2.75, 3.05) is 13.7 Å². The van der Waals surface area contributed by atoms with Gasteiger partial charge in [-0.3, -0.25) is 10.00 Å². The van der Waals surface area contributed by atoms with Crippen molar-refractivity contribution in [3.05, 3.63) is 47.4 Å². The second-order valence-electron chi connectivity index (χ2n) is 7.53. The van der Waals surface area contributed by atoms with Crippen molar-refractivity contribution in [3.63, 3.8) is 0 Å². The molecule has 1 saturated carbocycles. The quantitative estimate of drug-likeness (QED) is 0.764. The molecule has 3 aromatic rings. The summed E-state index contributed by atoms with van der Waals surface area (Å²) in [6, 6.07) is 4.38. The number of aromatic nitrogens is 5. The zero-order chi connectivity index (χ0) is 17.7. The zero-order valence-corrected chi connectivity index (χ0v) is 15.2. The molecule has 1 N–H and O–H groups in total. The van der Waals surface area contributed by atoms with E-state index in [-0.39, 0.29) is 12.1 Å². The molecule has 0 amide bonds. The van der Waals surface area contributed by atoms with E-state index >= 15 is 0 Å². The Morgan fingerprint density at radius 2 is 2.23 bits per heavy atom. The number of aromatic amines is 1. The first-order chi connectivity index (χ1) is 12.7. The Kier molecular flexibility index (Phi) is 3.79. The number of fused-ring (bicyclic) bond motifs is 1. The van der Waals surface area contributed by atoms with E-state index in [1.54, 1.807) is 7.11 Å². The van der Waals surface area contributed by atoms with Crippen molar-refractivity contribution >= 4 is 5.65 Å². The SMILES string of the molecule is CO[C@@H]1C[C@@H](c2nc(C3CC3)n[nH]2)N(Cc2cnc3c(C)cccn23)C1. The summed E-state index contributed by atoms with van der Waals surface area (Å²) >= 11 is 0. The second kappa shape index (κ2) is 6.17. The van der Waals surface area contributed by atoms with Crippen LogP contribution in [0, 0.1) is 6.92 Å². The van der Waals surface area contributed by atoms with Crippen LogP contribution in [-0.4, -0.2) is 49.2 Å². The fraction of sp³-hybridized carbons (Fsp3) is 0.526. The van der Waals surface area contributed by atoms with Gasteiger partial charge in [-0.25, -0.2) is 9.97 Å². The fourth-order valence-electron chi connectivity index (χ4n) is 3.98. The van der Waals surface area contributed by atoms with Gasteiger partial charge in [0.2, 0.25) is 0 Å². The lowest BCUT2D eigenvalue weighted by molar-refractivity contribution is 0.107. The van der Waals surface area contributed by atoms with E-state index in [2.05, 4.69) is 49.7 Å². The van der Waals surface area contributed by atoms with Crippen LogP contribution in [0.3, 0.4) is 0 Å². The number of aryl methyl sites for hydroxylation is 1. The van der Waals surface area contributed by atoms with Crippen molar-refractivity contribution in [1.82, 2.24) is 29.5 Å². The molecule has 1 aliphatic carbocycles. The molecule has 0 unspecified atom stereocenters. The molecule has 5 rings (SSSR count). The maximum atomic E-state index is 5.66. The lowest BCUT2D eigenvalue weighted by Crippen LogP contribution is -2.26. The third-order valence-corrected chi connectivity index (χ3v) is 5.65. The van der Waals surface area contributed by atoms with Gasteiger partial charge in [-0.2, -0.15) is 5.10 Å². The minimum absolute atomic E-state index is 0.204. The van der Waals surface area contributed by atoms with Gasteiger partial charge in [-0.05, 0) is 37.8 Å². The molecular formula is C19H24N6O. The molecule has 2 aliphatic rings. The van der Waals surface area contributed by atoms with E-state index in [9.17, 15) is 0 Å². The number of hydrogen-bond acceptors (Lipinski definition) is 5. The number of H-pyrrole nitrogens is 1. The Morgan fingerprint density at radius 3 is 3.04 bits per heavy atom. The average Bonchev–Trinajstić information content (AvgIpc) is 3.07. The minimum Gasteiger partial charge on any atom is -0.380 e. The van der Waals surface area contributed by atoms with Gasteiger partial charge in [0, 0.05) is 32.3 Å². The number of likely N-dealkylation sites (tertiary alicyclic amines) is 1. The summed E-state index contributed by atoms with van der Waals surface area (Å²) in [4.78, 5) is 11.8. The largest absolute Gasteiger partial charge is 0.380 e. The van der Waals surface area contributed by atoms with Crippen LogP contribution in [-0.2, 0) is 11.3 Å². The average molecular weight is 352 g/mol. The standard InChI is InChI=1S/C19H24N6O/c1-12-4-3-7-25-14(9-20-19(12)25)10-24-11-15(26-2)8-16(24)18-21-17(22-23-18)13-5-6-13/h3-4,7,9,13,15-16H,5-6,8,10-11H2,1-2H3,(H,21,22,23)/t15-,16+/m1/s1. The van der Waals surface area contributed by atoms with Crippen LogP contribution >= 0.6 is 0 Å². The molecule has 1 aliphatic heterocycles. The van der Waals surface area contributed by atoms with Crippen molar-refractivity contribution in [1.29, 1.82) is 0 Å². The highest BCUT2D eigenvalue weighted by molar-refractivity contribution is 5.48. The van der Waals surface area contributed by atoms with E-state index < -0.39 is 0 Å². The van der Waals surface area contributed by atoms with E-state index in [0.29, 0.717) is 5.92 Å². The van der Waals surface area contributed by atoms with E-state index in [0.717, 1.165) is 36.8 Å². The molecule has 7 heteroatoms. The van der Waals surface area contributed by atoms with Crippen molar-refractivity contribution in [2.45, 2.75) is 50.8 Å². The molecule has 1 saturated heterocycles. The molecule has 26 heavy (non-hydrogen) atoms. The number of nitrogens with zero attached hydrogens (tertiary/aromatic N) is 5. The van der Waals surface area contributed by atoms with E-state index in [1.165, 1.54) is 24.1 Å². The smallest absolute Gasteiger partial charge is 0.153 e. The van der Waals surface area contributed by atoms with Crippen LogP contribution < -0.4 is 0 Å². The minimum atomic E-state index is 0.204. The van der Waals surface area contributed by atoms with Crippen LogP contribution in [0.25, 0.3) is 5.65 Å². The molecule has 0 aromatic carbocycles. The maximum absolute atomic E-state index is 5.66. The van der Waals surface area contributed by atoms with Crippen LogP contribution in [0.4, 0.5) is 0 Å². The first-order valence-corrected chi connectivity index (χ1v) is 9.33. The topological polar surface area (TPSA) is 71.3 Å². The predicted octanol–water partition coefficient (Wildman–Crippen LogP) is 2.60. The summed E-state index contributed by atoms with van der Waals surface area (Å²) in [7, 11) is 1.79. The molecule has 136 valence electrons. The Bertz CT molecular complexity index is 927. The molecule has 4 heterocycles. The molecule has 7 nitrogen and oxygen atoms in total. The van der Waals surface area contributed by atoms with Crippen molar-refractivity contribution in [3.8, 4) is 0 Å². The Morgan fingerprint density at radius 1 is 1.35 bits per heavy atom. The predicted molar refractivity (Wildman–Crippen MR) is 96.9 cm³/mol. The van der Waals surface area contributed by atoms with Crippen molar-refractivity contribution in [2.24, 2.45) is 0 Å². The highest BCUT2D eigenvalue weighted by Crippen LogP contribution is 2.39. The van der Waals surface area contributed by atoms with Gasteiger partial charge < -0.3 is 9.14 Å². The number of rotatable bonds is 5. The van der Waals surface area contributed by atoms with Gasteiger partial charge in [-0.15, -0.1) is 0 Å². The number of pyridine rings is 1. The summed E-state index contributed by atoms with van der Waals surface area (Å²) in [5.74, 6) is 2.51. The summed E-state index contributed by atoms with van der Waals surface area (Å²) in [5.41, 5.74) is 3.40. The fourth-order valence-corrected chi connectivity index (χ4v) is 3.98. The summed E-state index contributed by atoms with van der Waals surface area (Å²) in [5, 5.41) is 7.63.